The summed E-state index contributed by atoms with van der Waals surface area (Å²) in [6.07, 6.45) is -41.0. The Morgan fingerprint density at radius 1 is 0.171 bits per heavy atom. The number of allylic oxidation sites excluding steroid dienone is 4. The number of hydrogen-bond donors (Lipinski definition) is 2. The molecule has 3 aliphatic rings. The van der Waals surface area contributed by atoms with Crippen molar-refractivity contribution in [2.24, 2.45) is 9.98 Å². The molecule has 12 aromatic carbocycles. The molecule has 0 atom stereocenters. The first-order chi connectivity index (χ1) is 65.4. The first-order valence-corrected chi connectivity index (χ1v) is 43.6. The Bertz CT molecular complexity index is 7210. The lowest BCUT2D eigenvalue weighted by Gasteiger charge is -2.21. The highest BCUT2D eigenvalue weighted by Gasteiger charge is 2.46. The summed E-state index contributed by atoms with van der Waals surface area (Å²) in [5, 5.41) is -0.586. The molecule has 0 saturated carbocycles. The molecule has 14 aromatic rings. The first kappa shape index (κ1) is 97.2. The summed E-state index contributed by atoms with van der Waals surface area (Å²) >= 11 is 0. The number of H-pyrrole nitrogens is 2. The molecule has 1 aliphatic carbocycles. The summed E-state index contributed by atoms with van der Waals surface area (Å²) in [5.74, 6) is 0. The Labute approximate surface area is 786 Å². The van der Waals surface area contributed by atoms with Crippen molar-refractivity contribution in [2.75, 3.05) is 0 Å². The maximum absolute atomic E-state index is 15.7. The van der Waals surface area contributed by atoms with Crippen LogP contribution < -0.4 is 10.7 Å². The largest absolute Gasteiger partial charge is 0.416 e. The number of fused-ring (bicyclic) bond motifs is 10. The fraction of sp³-hybridized carbons (Fsp3) is 0.179. The van der Waals surface area contributed by atoms with Crippen molar-refractivity contribution in [1.82, 2.24) is 9.97 Å². The Balaban J connectivity index is 1.32. The summed E-state index contributed by atoms with van der Waals surface area (Å²) < 4.78 is 376. The number of alkyl halides is 24. The van der Waals surface area contributed by atoms with Crippen molar-refractivity contribution < 1.29 is 105 Å². The van der Waals surface area contributed by atoms with Crippen molar-refractivity contribution in [3.63, 3.8) is 0 Å². The Kier molecular flexibility index (Phi) is 24.2. The van der Waals surface area contributed by atoms with E-state index in [-0.39, 0.29) is 223 Å². The third-order valence-electron chi connectivity index (χ3n) is 25.6. The molecule has 4 nitrogen and oxygen atoms in total. The molecule has 140 heavy (non-hydrogen) atoms. The van der Waals surface area contributed by atoms with Gasteiger partial charge in [0.05, 0.1) is 89.4 Å². The Morgan fingerprint density at radius 2 is 0.336 bits per heavy atom. The van der Waals surface area contributed by atoms with Gasteiger partial charge in [-0.1, -0.05) is 168 Å². The molecule has 0 unspecified atom stereocenters. The second-order valence-corrected chi connectivity index (χ2v) is 35.6. The Hall–Kier alpha value is -14.4. The van der Waals surface area contributed by atoms with Crippen molar-refractivity contribution in [3.05, 3.63) is 432 Å². The van der Waals surface area contributed by atoms with Crippen molar-refractivity contribution in [2.45, 2.75) is 132 Å². The molecule has 0 spiro atoms. The number of aromatic nitrogens is 2. The fourth-order valence-electron chi connectivity index (χ4n) is 20.0. The zero-order valence-electron chi connectivity index (χ0n) is 76.1. The number of hydrogen-bond acceptors (Lipinski definition) is 2. The average Bonchev–Trinajstić information content (AvgIpc) is 1.54. The van der Waals surface area contributed by atoms with Gasteiger partial charge in [0.15, 0.2) is 0 Å². The van der Waals surface area contributed by atoms with E-state index in [9.17, 15) is 0 Å². The van der Waals surface area contributed by atoms with Gasteiger partial charge in [-0.3, -0.25) is 0 Å². The lowest BCUT2D eigenvalue weighted by atomic mass is 9.80. The summed E-state index contributed by atoms with van der Waals surface area (Å²) in [4.78, 5) is 19.4. The number of nitrogens with zero attached hydrogens (tertiary/aromatic N) is 2. The molecular formula is C112H78F24N4. The zero-order chi connectivity index (χ0) is 101. The summed E-state index contributed by atoms with van der Waals surface area (Å²) in [5.41, 5.74) is -12.0. The molecule has 2 aromatic heterocycles. The predicted octanol–water partition coefficient (Wildman–Crippen LogP) is 32.6. The van der Waals surface area contributed by atoms with Gasteiger partial charge < -0.3 is 9.97 Å². The number of aromatic amines is 2. The average molecular weight is 1940 g/mol. The lowest BCUT2D eigenvalue weighted by Crippen LogP contribution is -2.25. The van der Waals surface area contributed by atoms with Crippen LogP contribution in [-0.2, 0) is 49.4 Å². The number of benzene rings is 12. The third-order valence-corrected chi connectivity index (χ3v) is 25.6. The maximum atomic E-state index is 15.7. The van der Waals surface area contributed by atoms with Gasteiger partial charge in [-0.15, -0.1) is 0 Å². The minimum Gasteiger partial charge on any atom is -0.353 e. The van der Waals surface area contributed by atoms with Gasteiger partial charge in [0.1, 0.15) is 0 Å². The number of aliphatic imine (C=N–C) groups is 2. The predicted molar refractivity (Wildman–Crippen MR) is 497 cm³/mol. The molecule has 17 rings (SSSR count). The van der Waals surface area contributed by atoms with E-state index in [1.165, 1.54) is 0 Å². The molecule has 0 radical (unpaired) electrons. The summed E-state index contributed by atoms with van der Waals surface area (Å²) in [6.45, 7) is 19.9. The normalized spacial score (nSPS) is 14.4. The van der Waals surface area contributed by atoms with E-state index in [0.717, 1.165) is 97.1 Å². The lowest BCUT2D eigenvalue weighted by molar-refractivity contribution is -0.138. The topological polar surface area (TPSA) is 56.3 Å². The molecule has 0 fully saturated rings. The van der Waals surface area contributed by atoms with E-state index >= 15 is 105 Å². The van der Waals surface area contributed by atoms with Crippen molar-refractivity contribution in [3.8, 4) is 44.5 Å². The summed E-state index contributed by atoms with van der Waals surface area (Å²) in [7, 11) is 0. The minimum absolute atomic E-state index is 0.102. The second-order valence-electron chi connectivity index (χ2n) is 35.6. The zero-order valence-corrected chi connectivity index (χ0v) is 76.1. The van der Waals surface area contributed by atoms with Crippen LogP contribution in [0.4, 0.5) is 105 Å². The maximum Gasteiger partial charge on any atom is 0.416 e. The van der Waals surface area contributed by atoms with E-state index in [4.69, 9.17) is 9.98 Å². The molecule has 0 amide bonds. The van der Waals surface area contributed by atoms with Crippen LogP contribution in [0.5, 0.6) is 0 Å². The van der Waals surface area contributed by atoms with Crippen LogP contribution in [0.1, 0.15) is 167 Å². The van der Waals surface area contributed by atoms with Gasteiger partial charge >= 0.3 is 49.4 Å². The van der Waals surface area contributed by atoms with Gasteiger partial charge in [-0.25, -0.2) is 9.98 Å². The van der Waals surface area contributed by atoms with E-state index in [1.807, 2.05) is 0 Å². The van der Waals surface area contributed by atoms with Gasteiger partial charge in [0, 0.05) is 66.8 Å². The number of nitrogens with one attached hydrogen (secondary N) is 2. The summed E-state index contributed by atoms with van der Waals surface area (Å²) in [6, 6.07) is 41.5. The fourth-order valence-corrected chi connectivity index (χ4v) is 20.0. The smallest absolute Gasteiger partial charge is 0.353 e. The van der Waals surface area contributed by atoms with E-state index in [0.29, 0.717) is 119 Å². The van der Waals surface area contributed by atoms with Gasteiger partial charge in [-0.05, 0) is 291 Å². The molecule has 28 heteroatoms. The van der Waals surface area contributed by atoms with E-state index < -0.39 is 93.9 Å². The molecule has 714 valence electrons. The molecule has 2 N–H and O–H groups in total. The van der Waals surface area contributed by atoms with Gasteiger partial charge in [0.2, 0.25) is 0 Å². The molecular weight excluding hydrogens is 1860 g/mol. The second kappa shape index (κ2) is 34.9. The quantitative estimate of drug-likeness (QED) is 0.115. The van der Waals surface area contributed by atoms with Crippen molar-refractivity contribution in [1.29, 1.82) is 0 Å². The van der Waals surface area contributed by atoms with Gasteiger partial charge in [0.25, 0.3) is 0 Å². The molecule has 0 saturated heterocycles. The van der Waals surface area contributed by atoms with Crippen LogP contribution in [0.3, 0.4) is 0 Å². The first-order valence-electron chi connectivity index (χ1n) is 43.6. The third kappa shape index (κ3) is 17.9. The van der Waals surface area contributed by atoms with Crippen LogP contribution in [-0.4, -0.2) is 21.4 Å². The SMILES string of the molecule is Cc1cc(C)c(C2=C3N=C(C(c4ccc(C(F)(F)F)cc4)=C3c3ccc(C(F)(F)F)cc3)C(c3c(C)cc(C)cc3C)=c3[nH]c(c(-c4ccc(C(F)(F)F)cc4)c3-c3ccc(C(F)(F)F)cc3)=C(c3c(C)cc(C)cc3C)C3=NC(=C(c4c(C)cc(C)cc4C)c4[nH]c2c(-c2ccc(C(F)(F)F)cc2)c4-c2ccc(C(F)(F)F)cc2)C(c2ccc(C(F)(F)F)cc2)=C3c2ccc(C(F)(F)F)cc2)c(C)c1. The van der Waals surface area contributed by atoms with E-state index in [1.54, 1.807) is 132 Å². The van der Waals surface area contributed by atoms with Crippen LogP contribution >= 0.6 is 0 Å². The molecule has 4 heterocycles. The van der Waals surface area contributed by atoms with Crippen LogP contribution in [0.15, 0.2) is 264 Å². The minimum atomic E-state index is -5.13. The Morgan fingerprint density at radius 3 is 0.521 bits per heavy atom. The number of rotatable bonds is 12. The highest BCUT2D eigenvalue weighted by atomic mass is 19.4. The van der Waals surface area contributed by atoms with Crippen LogP contribution in [0.25, 0.3) is 89.1 Å². The standard InChI is InChI=1S/C112H78F24N4/c1-53-45-57(5)81(58(6)46-53)93-97-85(65-13-29-73(30-14-65)105(113,114)115)87(67-17-33-75(34-18-67)107(119,120)121)99(137-97)94(82-59(7)47-54(2)48-60(82)8)101-89(69-21-37-77(38-22-69)109(125,126)127)91(71-25-41-79(42-26-71)111(131,132)133)103(139-101)96(84-63(11)51-56(4)52-64(84)12)104-92(72-27-43-80(44-28-72)112(134,135)136)90(70-23-39-78(40-24-70)110(128,129)130)102(140-104)95(83-61(9)49-55(3)50-62(83)10)100-88(68-19-35-76(36-20-68)108(122,123)124)86(98(93)138-100)66-15-31-74(32-16-66)106(116,117)118/h13-52,137,140H,1-12H3. The number of aryl methyl sites for hydroxylation is 12. The van der Waals surface area contributed by atoms with E-state index in [2.05, 4.69) is 9.97 Å². The molecule has 8 bridgehead atoms. The van der Waals surface area contributed by atoms with Crippen LogP contribution in [0, 0.1) is 83.1 Å². The monoisotopic (exact) mass is 1930 g/mol. The van der Waals surface area contributed by atoms with Crippen LogP contribution in [0.2, 0.25) is 0 Å². The van der Waals surface area contributed by atoms with Crippen molar-refractivity contribution >= 4 is 56.0 Å². The highest BCUT2D eigenvalue weighted by Crippen LogP contribution is 2.58. The highest BCUT2D eigenvalue weighted by molar-refractivity contribution is 6.53. The molecule has 2 aliphatic heterocycles. The number of halogens is 24. The van der Waals surface area contributed by atoms with Gasteiger partial charge in [-0.2, -0.15) is 105 Å².